The van der Waals surface area contributed by atoms with Gasteiger partial charge in [-0.3, -0.25) is 0 Å². The lowest BCUT2D eigenvalue weighted by Gasteiger charge is -2.34. The monoisotopic (exact) mass is 282 g/mol. The number of unbranched alkanes of at least 4 members (excludes halogenated alkanes) is 7. The molecule has 20 heavy (non-hydrogen) atoms. The van der Waals surface area contributed by atoms with Crippen LogP contribution in [0.3, 0.4) is 0 Å². The van der Waals surface area contributed by atoms with Gasteiger partial charge in [0.25, 0.3) is 0 Å². The molecule has 2 nitrogen and oxygen atoms in total. The molecule has 0 saturated carbocycles. The maximum Gasteiger partial charge on any atom is 0.00649 e. The first-order valence-electron chi connectivity index (χ1n) is 9.17. The zero-order chi connectivity index (χ0) is 14.6. The molecule has 0 amide bonds. The molecule has 1 rings (SSSR count). The minimum atomic E-state index is 0.695. The van der Waals surface area contributed by atoms with Gasteiger partial charge in [0.05, 0.1) is 0 Å². The van der Waals surface area contributed by atoms with E-state index in [2.05, 4.69) is 31.1 Å². The van der Waals surface area contributed by atoms with E-state index in [0.29, 0.717) is 6.04 Å². The number of hydrogen-bond acceptors (Lipinski definition) is 2. The molecule has 1 atom stereocenters. The van der Waals surface area contributed by atoms with Crippen molar-refractivity contribution in [2.45, 2.75) is 84.1 Å². The van der Waals surface area contributed by atoms with Gasteiger partial charge >= 0.3 is 0 Å². The third-order valence-electron chi connectivity index (χ3n) is 5.12. The topological polar surface area (TPSA) is 15.3 Å². The SMILES string of the molecule is CCCCCCCCCCN1CCC(C(C)NC)CC1. The van der Waals surface area contributed by atoms with Gasteiger partial charge in [-0.25, -0.2) is 0 Å². The number of likely N-dealkylation sites (tertiary alicyclic amines) is 1. The van der Waals surface area contributed by atoms with E-state index in [4.69, 9.17) is 0 Å². The summed E-state index contributed by atoms with van der Waals surface area (Å²) in [5, 5.41) is 3.41. The summed E-state index contributed by atoms with van der Waals surface area (Å²) in [6, 6.07) is 0.695. The third-order valence-corrected chi connectivity index (χ3v) is 5.12. The number of hydrogen-bond donors (Lipinski definition) is 1. The minimum absolute atomic E-state index is 0.695. The van der Waals surface area contributed by atoms with Crippen LogP contribution in [0.2, 0.25) is 0 Å². The Morgan fingerprint density at radius 3 is 2.05 bits per heavy atom. The molecular formula is C18H38N2. The molecule has 1 saturated heterocycles. The Bertz CT molecular complexity index is 209. The van der Waals surface area contributed by atoms with E-state index < -0.39 is 0 Å². The molecule has 1 N–H and O–H groups in total. The second-order valence-electron chi connectivity index (χ2n) is 6.73. The second-order valence-corrected chi connectivity index (χ2v) is 6.73. The number of nitrogens with one attached hydrogen (secondary N) is 1. The van der Waals surface area contributed by atoms with Crippen LogP contribution in [-0.2, 0) is 0 Å². The minimum Gasteiger partial charge on any atom is -0.317 e. The van der Waals surface area contributed by atoms with Gasteiger partial charge in [0.2, 0.25) is 0 Å². The van der Waals surface area contributed by atoms with E-state index in [-0.39, 0.29) is 0 Å². The van der Waals surface area contributed by atoms with E-state index in [1.165, 1.54) is 83.8 Å². The van der Waals surface area contributed by atoms with Gasteiger partial charge in [0.1, 0.15) is 0 Å². The zero-order valence-corrected chi connectivity index (χ0v) is 14.3. The van der Waals surface area contributed by atoms with Crippen LogP contribution < -0.4 is 5.32 Å². The fraction of sp³-hybridized carbons (Fsp3) is 1.00. The average molecular weight is 283 g/mol. The average Bonchev–Trinajstić information content (AvgIpc) is 2.50. The van der Waals surface area contributed by atoms with Crippen LogP contribution >= 0.6 is 0 Å². The molecule has 2 heteroatoms. The van der Waals surface area contributed by atoms with Crippen molar-refractivity contribution in [1.29, 1.82) is 0 Å². The predicted molar refractivity (Wildman–Crippen MR) is 90.3 cm³/mol. The molecule has 0 aromatic carbocycles. The first kappa shape index (κ1) is 18.0. The van der Waals surface area contributed by atoms with Crippen LogP contribution in [0.1, 0.15) is 78.1 Å². The van der Waals surface area contributed by atoms with Crippen LogP contribution in [0, 0.1) is 5.92 Å². The first-order chi connectivity index (χ1) is 9.77. The lowest BCUT2D eigenvalue weighted by molar-refractivity contribution is 0.162. The van der Waals surface area contributed by atoms with Crippen molar-refractivity contribution in [1.82, 2.24) is 10.2 Å². The predicted octanol–water partition coefficient (Wildman–Crippen LogP) is 4.45. The summed E-state index contributed by atoms with van der Waals surface area (Å²) < 4.78 is 0. The summed E-state index contributed by atoms with van der Waals surface area (Å²) in [4.78, 5) is 2.69. The smallest absolute Gasteiger partial charge is 0.00649 e. The summed E-state index contributed by atoms with van der Waals surface area (Å²) in [7, 11) is 2.09. The summed E-state index contributed by atoms with van der Waals surface area (Å²) >= 11 is 0. The van der Waals surface area contributed by atoms with Gasteiger partial charge in [-0.2, -0.15) is 0 Å². The lowest BCUT2D eigenvalue weighted by atomic mass is 9.90. The Kier molecular flexibility index (Phi) is 10.4. The molecule has 120 valence electrons. The van der Waals surface area contributed by atoms with Crippen LogP contribution in [-0.4, -0.2) is 37.6 Å². The zero-order valence-electron chi connectivity index (χ0n) is 14.3. The van der Waals surface area contributed by atoms with Crippen LogP contribution in [0.25, 0.3) is 0 Å². The van der Waals surface area contributed by atoms with Crippen LogP contribution in [0.4, 0.5) is 0 Å². The Morgan fingerprint density at radius 1 is 0.950 bits per heavy atom. The van der Waals surface area contributed by atoms with Crippen LogP contribution in [0.15, 0.2) is 0 Å². The second kappa shape index (κ2) is 11.6. The highest BCUT2D eigenvalue weighted by Gasteiger charge is 2.22. The third kappa shape index (κ3) is 7.64. The molecule has 0 aromatic rings. The maximum absolute atomic E-state index is 3.41. The highest BCUT2D eigenvalue weighted by Crippen LogP contribution is 2.20. The Hall–Kier alpha value is -0.0800. The Labute approximate surface area is 127 Å². The molecule has 1 heterocycles. The largest absolute Gasteiger partial charge is 0.317 e. The van der Waals surface area contributed by atoms with Crippen molar-refractivity contribution in [3.63, 3.8) is 0 Å². The highest BCUT2D eigenvalue weighted by atomic mass is 15.1. The van der Waals surface area contributed by atoms with Crippen LogP contribution in [0.5, 0.6) is 0 Å². The maximum atomic E-state index is 3.41. The van der Waals surface area contributed by atoms with Gasteiger partial charge in [0, 0.05) is 6.04 Å². The fourth-order valence-corrected chi connectivity index (χ4v) is 3.38. The molecule has 1 fully saturated rings. The number of piperidine rings is 1. The van der Waals surface area contributed by atoms with E-state index in [1.54, 1.807) is 0 Å². The Morgan fingerprint density at radius 2 is 1.50 bits per heavy atom. The van der Waals surface area contributed by atoms with Gasteiger partial charge in [-0.15, -0.1) is 0 Å². The molecule has 0 radical (unpaired) electrons. The molecule has 1 aliphatic heterocycles. The summed E-state index contributed by atoms with van der Waals surface area (Å²) in [5.41, 5.74) is 0. The van der Waals surface area contributed by atoms with Crippen molar-refractivity contribution in [3.05, 3.63) is 0 Å². The fourth-order valence-electron chi connectivity index (χ4n) is 3.38. The molecule has 0 aromatic heterocycles. The van der Waals surface area contributed by atoms with Crippen molar-refractivity contribution < 1.29 is 0 Å². The lowest BCUT2D eigenvalue weighted by Crippen LogP contribution is -2.41. The van der Waals surface area contributed by atoms with Gasteiger partial charge < -0.3 is 10.2 Å². The molecule has 1 unspecified atom stereocenters. The molecule has 0 aliphatic carbocycles. The normalized spacial score (nSPS) is 19.4. The van der Waals surface area contributed by atoms with Crippen molar-refractivity contribution in [2.24, 2.45) is 5.92 Å². The summed E-state index contributed by atoms with van der Waals surface area (Å²) in [5.74, 6) is 0.898. The summed E-state index contributed by atoms with van der Waals surface area (Å²) in [6.45, 7) is 8.62. The van der Waals surface area contributed by atoms with E-state index >= 15 is 0 Å². The molecular weight excluding hydrogens is 244 g/mol. The van der Waals surface area contributed by atoms with Crippen molar-refractivity contribution in [2.75, 3.05) is 26.7 Å². The highest BCUT2D eigenvalue weighted by molar-refractivity contribution is 4.78. The first-order valence-corrected chi connectivity index (χ1v) is 9.17. The van der Waals surface area contributed by atoms with Crippen molar-refractivity contribution in [3.8, 4) is 0 Å². The number of nitrogens with zero attached hydrogens (tertiary/aromatic N) is 1. The van der Waals surface area contributed by atoms with Gasteiger partial charge in [-0.1, -0.05) is 51.9 Å². The Balaban J connectivity index is 1.91. The molecule has 0 spiro atoms. The molecule has 1 aliphatic rings. The summed E-state index contributed by atoms with van der Waals surface area (Å²) in [6.07, 6.45) is 14.3. The van der Waals surface area contributed by atoms with Crippen molar-refractivity contribution >= 4 is 0 Å². The van der Waals surface area contributed by atoms with Gasteiger partial charge in [0.15, 0.2) is 0 Å². The van der Waals surface area contributed by atoms with Gasteiger partial charge in [-0.05, 0) is 58.8 Å². The quantitative estimate of drug-likeness (QED) is 0.563. The van der Waals surface area contributed by atoms with E-state index in [9.17, 15) is 0 Å². The van der Waals surface area contributed by atoms with E-state index in [0.717, 1.165) is 5.92 Å². The number of rotatable bonds is 11. The van der Waals surface area contributed by atoms with E-state index in [1.807, 2.05) is 0 Å². The molecule has 0 bridgehead atoms. The standard InChI is InChI=1S/C18H38N2/c1-4-5-6-7-8-9-10-11-14-20-15-12-18(13-16-20)17(2)19-3/h17-19H,4-16H2,1-3H3.